The highest BCUT2D eigenvalue weighted by atomic mass is 79.9. The van der Waals surface area contributed by atoms with Crippen molar-refractivity contribution < 1.29 is 18.7 Å². The van der Waals surface area contributed by atoms with Crippen LogP contribution >= 0.6 is 44.1 Å². The van der Waals surface area contributed by atoms with Gasteiger partial charge in [-0.3, -0.25) is 25.8 Å². The number of fused-ring (bicyclic) bond motifs is 1. The van der Waals surface area contributed by atoms with E-state index in [-0.39, 0.29) is 23.2 Å². The van der Waals surface area contributed by atoms with E-state index in [9.17, 15) is 14.4 Å². The standard InChI is InChI=1S/C23H21Br2N3O5S/c1-11(2)15-9-17(25)12(3)6-19(15)32-10-20(29)27-28-23(34)26-21(30)16-8-13-7-14(24)4-5-18(13)33-22(16)31/h4-9,11H,10H2,1-3H3,(H,27,29)(H2,26,28,30,34). The van der Waals surface area contributed by atoms with E-state index in [0.717, 1.165) is 20.1 Å². The van der Waals surface area contributed by atoms with Gasteiger partial charge in [0, 0.05) is 14.3 Å². The normalized spacial score (nSPS) is 10.8. The van der Waals surface area contributed by atoms with Crippen molar-refractivity contribution in [1.29, 1.82) is 0 Å². The Hall–Kier alpha value is -2.76. The molecule has 0 aliphatic rings. The number of aryl methyl sites for hydroxylation is 1. The zero-order chi connectivity index (χ0) is 25.0. The minimum Gasteiger partial charge on any atom is -0.483 e. The van der Waals surface area contributed by atoms with E-state index in [0.29, 0.717) is 16.7 Å². The molecule has 1 heterocycles. The molecule has 0 saturated carbocycles. The molecule has 0 fully saturated rings. The topological polar surface area (TPSA) is 110 Å². The third-order valence-electron chi connectivity index (χ3n) is 4.75. The van der Waals surface area contributed by atoms with E-state index < -0.39 is 17.4 Å². The van der Waals surface area contributed by atoms with Crippen molar-refractivity contribution in [3.05, 3.63) is 72.5 Å². The van der Waals surface area contributed by atoms with Gasteiger partial charge < -0.3 is 9.15 Å². The van der Waals surface area contributed by atoms with Gasteiger partial charge in [0.25, 0.3) is 11.8 Å². The third-order valence-corrected chi connectivity index (χ3v) is 6.30. The average molecular weight is 611 g/mol. The highest BCUT2D eigenvalue weighted by Crippen LogP contribution is 2.32. The summed E-state index contributed by atoms with van der Waals surface area (Å²) in [5.74, 6) is -0.478. The largest absolute Gasteiger partial charge is 0.483 e. The molecular formula is C23H21Br2N3O5S. The summed E-state index contributed by atoms with van der Waals surface area (Å²) >= 11 is 11.9. The molecule has 2 aromatic carbocycles. The Morgan fingerprint density at radius 3 is 2.56 bits per heavy atom. The first-order valence-corrected chi connectivity index (χ1v) is 12.1. The van der Waals surface area contributed by atoms with E-state index in [1.165, 1.54) is 6.07 Å². The van der Waals surface area contributed by atoms with Crippen LogP contribution in [0.15, 0.2) is 54.6 Å². The van der Waals surface area contributed by atoms with E-state index in [1.807, 2.05) is 32.9 Å². The lowest BCUT2D eigenvalue weighted by Gasteiger charge is -2.16. The highest BCUT2D eigenvalue weighted by molar-refractivity contribution is 9.10. The van der Waals surface area contributed by atoms with Gasteiger partial charge in [0.15, 0.2) is 11.7 Å². The Morgan fingerprint density at radius 2 is 1.85 bits per heavy atom. The zero-order valence-electron chi connectivity index (χ0n) is 18.5. The van der Waals surface area contributed by atoms with E-state index in [1.54, 1.807) is 18.2 Å². The molecule has 0 aliphatic heterocycles. The fraction of sp³-hybridized carbons (Fsp3) is 0.217. The summed E-state index contributed by atoms with van der Waals surface area (Å²) in [5, 5.41) is 2.70. The molecular weight excluding hydrogens is 590 g/mol. The molecule has 8 nitrogen and oxygen atoms in total. The van der Waals surface area contributed by atoms with Gasteiger partial charge in [0.05, 0.1) is 0 Å². The molecule has 0 atom stereocenters. The van der Waals surface area contributed by atoms with Gasteiger partial charge in [-0.15, -0.1) is 0 Å². The smallest absolute Gasteiger partial charge is 0.349 e. The number of rotatable bonds is 5. The summed E-state index contributed by atoms with van der Waals surface area (Å²) in [6.45, 7) is 5.72. The number of amides is 2. The van der Waals surface area contributed by atoms with Crippen molar-refractivity contribution in [2.24, 2.45) is 0 Å². The second-order valence-corrected chi connectivity index (χ2v) is 9.85. The maximum absolute atomic E-state index is 12.5. The molecule has 3 rings (SSSR count). The van der Waals surface area contributed by atoms with Crippen LogP contribution < -0.4 is 26.5 Å². The van der Waals surface area contributed by atoms with Crippen LogP contribution in [-0.2, 0) is 4.79 Å². The number of hydrogen-bond donors (Lipinski definition) is 3. The molecule has 0 bridgehead atoms. The van der Waals surface area contributed by atoms with Crippen LogP contribution in [-0.4, -0.2) is 23.5 Å². The summed E-state index contributed by atoms with van der Waals surface area (Å²) < 4.78 is 12.6. The Kier molecular flexibility index (Phi) is 8.45. The first-order valence-electron chi connectivity index (χ1n) is 10.1. The first-order chi connectivity index (χ1) is 16.0. The van der Waals surface area contributed by atoms with Gasteiger partial charge in [-0.25, -0.2) is 4.79 Å². The monoisotopic (exact) mass is 609 g/mol. The lowest BCUT2D eigenvalue weighted by molar-refractivity contribution is -0.123. The van der Waals surface area contributed by atoms with Crippen LogP contribution in [0.1, 0.15) is 41.3 Å². The van der Waals surface area contributed by atoms with Crippen LogP contribution in [0.2, 0.25) is 0 Å². The number of ether oxygens (including phenoxy) is 1. The van der Waals surface area contributed by atoms with E-state index >= 15 is 0 Å². The highest BCUT2D eigenvalue weighted by Gasteiger charge is 2.16. The van der Waals surface area contributed by atoms with Crippen molar-refractivity contribution in [3.8, 4) is 5.75 Å². The van der Waals surface area contributed by atoms with E-state index in [4.69, 9.17) is 21.4 Å². The lowest BCUT2D eigenvalue weighted by atomic mass is 10.0. The van der Waals surface area contributed by atoms with Crippen LogP contribution in [0, 0.1) is 6.92 Å². The molecule has 11 heteroatoms. The average Bonchev–Trinajstić information content (AvgIpc) is 2.77. The molecule has 178 valence electrons. The second-order valence-electron chi connectivity index (χ2n) is 7.67. The number of hydrazine groups is 1. The summed E-state index contributed by atoms with van der Waals surface area (Å²) in [7, 11) is 0. The predicted molar refractivity (Wildman–Crippen MR) is 140 cm³/mol. The maximum Gasteiger partial charge on any atom is 0.349 e. The molecule has 0 radical (unpaired) electrons. The summed E-state index contributed by atoms with van der Waals surface area (Å²) in [5.41, 5.74) is 6.02. The van der Waals surface area contributed by atoms with E-state index in [2.05, 4.69) is 48.0 Å². The number of thiocarbonyl (C=S) groups is 1. The van der Waals surface area contributed by atoms with Crippen LogP contribution in [0.4, 0.5) is 0 Å². The minimum absolute atomic E-state index is 0.199. The summed E-state index contributed by atoms with van der Waals surface area (Å²) in [6, 6.07) is 10.3. The molecule has 0 saturated heterocycles. The Labute approximate surface area is 217 Å². The van der Waals surface area contributed by atoms with Crippen LogP contribution in [0.25, 0.3) is 11.0 Å². The molecule has 3 N–H and O–H groups in total. The van der Waals surface area contributed by atoms with Crippen LogP contribution in [0.5, 0.6) is 5.75 Å². The second kappa shape index (κ2) is 11.1. The van der Waals surface area contributed by atoms with Gasteiger partial charge in [-0.2, -0.15) is 0 Å². The number of hydrogen-bond acceptors (Lipinski definition) is 6. The van der Waals surface area contributed by atoms with Crippen molar-refractivity contribution in [1.82, 2.24) is 16.2 Å². The number of carbonyl (C=O) groups is 2. The lowest BCUT2D eigenvalue weighted by Crippen LogP contribution is -2.50. The SMILES string of the molecule is Cc1cc(OCC(=O)NNC(=S)NC(=O)c2cc3cc(Br)ccc3oc2=O)c(C(C)C)cc1Br. The molecule has 1 aromatic heterocycles. The number of nitrogens with one attached hydrogen (secondary N) is 3. The predicted octanol–water partition coefficient (Wildman–Crippen LogP) is 4.46. The van der Waals surface area contributed by atoms with Gasteiger partial charge in [-0.05, 0) is 72.6 Å². The van der Waals surface area contributed by atoms with Crippen molar-refractivity contribution in [2.75, 3.05) is 6.61 Å². The Bertz CT molecular complexity index is 1340. The molecule has 34 heavy (non-hydrogen) atoms. The maximum atomic E-state index is 12.5. The zero-order valence-corrected chi connectivity index (χ0v) is 22.4. The molecule has 2 amide bonds. The van der Waals surface area contributed by atoms with Crippen molar-refractivity contribution >= 4 is 72.0 Å². The van der Waals surface area contributed by atoms with Crippen molar-refractivity contribution in [2.45, 2.75) is 26.7 Å². The summed E-state index contributed by atoms with van der Waals surface area (Å²) in [4.78, 5) is 36.8. The first kappa shape index (κ1) is 25.9. The number of halogens is 2. The van der Waals surface area contributed by atoms with Gasteiger partial charge >= 0.3 is 5.63 Å². The van der Waals surface area contributed by atoms with Gasteiger partial charge in [0.2, 0.25) is 0 Å². The minimum atomic E-state index is -0.807. The molecule has 0 aliphatic carbocycles. The molecule has 3 aromatic rings. The Balaban J connectivity index is 1.56. The third kappa shape index (κ3) is 6.43. The fourth-order valence-corrected chi connectivity index (χ4v) is 3.89. The molecule has 0 spiro atoms. The number of benzene rings is 2. The van der Waals surface area contributed by atoms with Crippen LogP contribution in [0.3, 0.4) is 0 Å². The van der Waals surface area contributed by atoms with Gasteiger partial charge in [-0.1, -0.05) is 45.7 Å². The quantitative estimate of drug-likeness (QED) is 0.222. The van der Waals surface area contributed by atoms with Crippen molar-refractivity contribution in [3.63, 3.8) is 0 Å². The molecule has 0 unspecified atom stereocenters. The summed E-state index contributed by atoms with van der Waals surface area (Å²) in [6.07, 6.45) is 0. The van der Waals surface area contributed by atoms with Gasteiger partial charge in [0.1, 0.15) is 16.9 Å². The fourth-order valence-electron chi connectivity index (χ4n) is 3.01. The number of carbonyl (C=O) groups excluding carboxylic acids is 2. The Morgan fingerprint density at radius 1 is 1.12 bits per heavy atom.